The van der Waals surface area contributed by atoms with Crippen LogP contribution in [0, 0.1) is 32.8 Å². The van der Waals surface area contributed by atoms with Crippen LogP contribution in [-0.4, -0.2) is 129 Å². The van der Waals surface area contributed by atoms with Crippen LogP contribution in [0.25, 0.3) is 55.5 Å². The molecule has 10 aromatic rings. The molecule has 0 saturated carbocycles. The number of piperazine rings is 2. The zero-order valence-corrected chi connectivity index (χ0v) is 46.3. The van der Waals surface area contributed by atoms with Gasteiger partial charge in [0.1, 0.15) is 23.8 Å². The number of non-ortho nitro benzene ring substituents is 1. The number of nitro benzene ring substituents is 1. The molecule has 86 heavy (non-hydrogen) atoms. The highest BCUT2D eigenvalue weighted by Crippen LogP contribution is 2.40. The van der Waals surface area contributed by atoms with Gasteiger partial charge in [0.05, 0.1) is 56.8 Å². The number of piperidine rings is 2. The number of halogens is 5. The number of rotatable bonds is 13. The molecule has 0 N–H and O–H groups in total. The Balaban J connectivity index is 0.000000160. The Morgan fingerprint density at radius 1 is 0.605 bits per heavy atom. The second kappa shape index (κ2) is 21.6. The molecular weight excluding hydrogens is 1140 g/mol. The number of aromatic nitrogens is 10. The van der Waals surface area contributed by atoms with Crippen molar-refractivity contribution >= 4 is 38.2 Å². The summed E-state index contributed by atoms with van der Waals surface area (Å²) in [6, 6.07) is 30.8. The van der Waals surface area contributed by atoms with Gasteiger partial charge in [0, 0.05) is 164 Å². The Kier molecular flexibility index (Phi) is 13.9. The van der Waals surface area contributed by atoms with E-state index >= 15 is 0 Å². The highest BCUT2D eigenvalue weighted by molar-refractivity contribution is 7.90. The van der Waals surface area contributed by atoms with Crippen LogP contribution in [0.2, 0.25) is 0 Å². The maximum atomic E-state index is 13.2. The lowest BCUT2D eigenvalue weighted by Crippen LogP contribution is -2.68. The van der Waals surface area contributed by atoms with Crippen molar-refractivity contribution in [3.8, 4) is 56.6 Å². The van der Waals surface area contributed by atoms with Crippen molar-refractivity contribution in [2.75, 3.05) is 42.2 Å². The summed E-state index contributed by atoms with van der Waals surface area (Å²) >= 11 is 0. The maximum absolute atomic E-state index is 13.2. The molecule has 4 atom stereocenters. The van der Waals surface area contributed by atoms with Gasteiger partial charge in [0.25, 0.3) is 5.69 Å². The zero-order valence-electron chi connectivity index (χ0n) is 45.4. The van der Waals surface area contributed by atoms with Crippen LogP contribution in [-0.2, 0) is 29.2 Å². The van der Waals surface area contributed by atoms with E-state index in [0.717, 1.165) is 92.8 Å². The van der Waals surface area contributed by atoms with E-state index in [9.17, 15) is 51.0 Å². The van der Waals surface area contributed by atoms with Gasteiger partial charge in [-0.2, -0.15) is 44.4 Å². The molecule has 6 saturated heterocycles. The van der Waals surface area contributed by atoms with Gasteiger partial charge in [-0.05, 0) is 72.5 Å². The second-order valence-corrected chi connectivity index (χ2v) is 23.7. The minimum Gasteiger partial charge on any atom is -0.353 e. The first-order chi connectivity index (χ1) is 41.3. The number of hydrogen-bond donors (Lipinski definition) is 0. The summed E-state index contributed by atoms with van der Waals surface area (Å²) in [5, 5.41) is 46.1. The SMILES string of the molecule is CS(=O)(=O)c1ccc(CN2C3CC2CN(c2ccc(-c4cc(-c5cnn(C(F)(F)F)c5)cn5ncc(C#N)c45)cn2)C3)cc1.N#Cc1cnn2cc(-c3cnn(C(F)F)c3)cc(-c3ccc(N4CC5CC(C4)N5Cc4ccc([N+](=O)[O-])cc4)nc3)c12. The van der Waals surface area contributed by atoms with Crippen LogP contribution >= 0.6 is 0 Å². The molecule has 27 heteroatoms. The van der Waals surface area contributed by atoms with Crippen LogP contribution in [0.3, 0.4) is 0 Å². The topological polar surface area (TPSA) is 234 Å². The smallest absolute Gasteiger partial charge is 0.353 e. The average Bonchev–Trinajstić information content (AvgIpc) is 2.33. The van der Waals surface area contributed by atoms with Crippen molar-refractivity contribution in [3.05, 3.63) is 179 Å². The molecule has 6 aliphatic heterocycles. The van der Waals surface area contributed by atoms with Gasteiger partial charge in [0.2, 0.25) is 0 Å². The Morgan fingerprint density at radius 2 is 1.07 bits per heavy atom. The Labute approximate surface area is 486 Å². The second-order valence-electron chi connectivity index (χ2n) is 21.7. The number of hydrogen-bond acceptors (Lipinski definition) is 16. The summed E-state index contributed by atoms with van der Waals surface area (Å²) in [5.41, 5.74) is 8.73. The third-order valence-corrected chi connectivity index (χ3v) is 17.6. The summed E-state index contributed by atoms with van der Waals surface area (Å²) in [5.74, 6) is 1.66. The molecule has 4 bridgehead atoms. The quantitative estimate of drug-likeness (QED) is 0.0594. The van der Waals surface area contributed by atoms with E-state index in [4.69, 9.17) is 9.97 Å². The number of nitro groups is 1. The van der Waals surface area contributed by atoms with E-state index in [-0.39, 0.29) is 20.9 Å². The van der Waals surface area contributed by atoms with Gasteiger partial charge in [-0.25, -0.2) is 32.1 Å². The minimum absolute atomic E-state index is 0.0503. The number of fused-ring (bicyclic) bond motifs is 6. The first-order valence-electron chi connectivity index (χ1n) is 27.1. The zero-order chi connectivity index (χ0) is 59.8. The van der Waals surface area contributed by atoms with Crippen LogP contribution in [0.4, 0.5) is 39.3 Å². The highest BCUT2D eigenvalue weighted by atomic mass is 32.2. The minimum atomic E-state index is -4.64. The summed E-state index contributed by atoms with van der Waals surface area (Å²) < 4.78 is 92.9. The van der Waals surface area contributed by atoms with E-state index in [1.165, 1.54) is 35.6 Å². The summed E-state index contributed by atoms with van der Waals surface area (Å²) in [7, 11) is -3.23. The molecule has 434 valence electrons. The number of sulfone groups is 1. The molecular formula is C59H48F5N17O4S. The van der Waals surface area contributed by atoms with E-state index in [1.807, 2.05) is 54.6 Å². The van der Waals surface area contributed by atoms with Gasteiger partial charge in [-0.15, -0.1) is 13.2 Å². The van der Waals surface area contributed by atoms with E-state index in [0.29, 0.717) is 89.3 Å². The molecule has 16 rings (SSSR count). The van der Waals surface area contributed by atoms with Crippen molar-refractivity contribution < 1.29 is 35.3 Å². The fourth-order valence-corrected chi connectivity index (χ4v) is 12.7. The van der Waals surface area contributed by atoms with Crippen molar-refractivity contribution in [2.24, 2.45) is 0 Å². The molecule has 2 aromatic carbocycles. The molecule has 4 unspecified atom stereocenters. The Morgan fingerprint density at radius 3 is 1.47 bits per heavy atom. The lowest BCUT2D eigenvalue weighted by Gasteiger charge is -2.56. The molecule has 0 radical (unpaired) electrons. The van der Waals surface area contributed by atoms with Crippen molar-refractivity contribution in [1.82, 2.24) is 58.6 Å². The first kappa shape index (κ1) is 55.2. The predicted molar refractivity (Wildman–Crippen MR) is 304 cm³/mol. The first-order valence-corrected chi connectivity index (χ1v) is 29.0. The Bertz CT molecular complexity index is 4420. The molecule has 6 fully saturated rings. The summed E-state index contributed by atoms with van der Waals surface area (Å²) in [4.78, 5) is 29.7. The molecule has 14 heterocycles. The standard InChI is InChI=1S/C30H25F3N8O2S.C29H23F2N9O2/c1-44(42,43)26-5-2-19(3-6-26)14-39-24-9-25(39)18-38(17-24)28-7-4-20(11-35-28)27-8-21(15-40-29(27)22(10-34)12-36-40)23-13-37-41(16-23)30(31,32)33;30-29(31)39-15-22(12-35-39)20-7-26(28-21(9-32)11-34-38(28)14-20)19-3-6-27(33-10-19)36-16-24-8-25(17-36)37(24)13-18-1-4-23(5-2-18)40(41)42/h2-8,11-13,15-16,24-25H,9,14,17-18H2,1H3;1-7,10-12,14-15,24-25,29H,8,13,16-17H2. The van der Waals surface area contributed by atoms with E-state index in [1.54, 1.807) is 59.6 Å². The van der Waals surface area contributed by atoms with Crippen molar-refractivity contribution in [1.29, 1.82) is 10.5 Å². The molecule has 0 amide bonds. The molecule has 8 aromatic heterocycles. The molecule has 0 spiro atoms. The van der Waals surface area contributed by atoms with Gasteiger partial charge in [-0.3, -0.25) is 19.9 Å². The number of alkyl halides is 5. The fourth-order valence-electron chi connectivity index (χ4n) is 12.1. The van der Waals surface area contributed by atoms with E-state index in [2.05, 4.69) is 52.1 Å². The third kappa shape index (κ3) is 10.5. The largest absolute Gasteiger partial charge is 0.504 e. The van der Waals surface area contributed by atoms with Crippen molar-refractivity contribution in [2.45, 2.75) is 67.8 Å². The average molecular weight is 1190 g/mol. The maximum Gasteiger partial charge on any atom is 0.504 e. The van der Waals surface area contributed by atoms with Gasteiger partial charge in [0.15, 0.2) is 9.84 Å². The lowest BCUT2D eigenvalue weighted by molar-refractivity contribution is -0.384. The van der Waals surface area contributed by atoms with Crippen LogP contribution in [0.15, 0.2) is 152 Å². The highest BCUT2D eigenvalue weighted by Gasteiger charge is 2.46. The lowest BCUT2D eigenvalue weighted by atomic mass is 9.86. The van der Waals surface area contributed by atoms with Crippen LogP contribution in [0.1, 0.15) is 41.6 Å². The summed E-state index contributed by atoms with van der Waals surface area (Å²) in [6.45, 7) is 2.01. The number of pyridine rings is 4. The summed E-state index contributed by atoms with van der Waals surface area (Å²) in [6.07, 6.45) is 13.1. The predicted octanol–water partition coefficient (Wildman–Crippen LogP) is 9.37. The Hall–Kier alpha value is -9.96. The third-order valence-electron chi connectivity index (χ3n) is 16.5. The molecule has 21 nitrogen and oxygen atoms in total. The van der Waals surface area contributed by atoms with Gasteiger partial charge < -0.3 is 9.80 Å². The molecule has 0 aliphatic carbocycles. The fraction of sp³-hybridized carbons (Fsp3) is 0.254. The number of nitrogens with zero attached hydrogens (tertiary/aromatic N) is 17. The van der Waals surface area contributed by atoms with E-state index < -0.39 is 22.7 Å². The van der Waals surface area contributed by atoms with Gasteiger partial charge >= 0.3 is 12.8 Å². The van der Waals surface area contributed by atoms with Crippen molar-refractivity contribution in [3.63, 3.8) is 0 Å². The number of anilines is 2. The van der Waals surface area contributed by atoms with Crippen LogP contribution in [0.5, 0.6) is 0 Å². The normalized spacial score (nSPS) is 18.5. The molecule has 6 aliphatic rings. The van der Waals surface area contributed by atoms with Crippen LogP contribution < -0.4 is 9.80 Å². The number of benzene rings is 2. The monoisotopic (exact) mass is 1190 g/mol. The number of nitriles is 2. The van der Waals surface area contributed by atoms with Gasteiger partial charge in [-0.1, -0.05) is 24.3 Å².